The zero-order valence-electron chi connectivity index (χ0n) is 15.5. The van der Waals surface area contributed by atoms with Gasteiger partial charge < -0.3 is 10.6 Å². The number of carbonyl (C=O) groups is 1. The number of benzene rings is 2. The van der Waals surface area contributed by atoms with E-state index in [9.17, 15) is 13.6 Å². The van der Waals surface area contributed by atoms with E-state index < -0.39 is 17.5 Å². The fourth-order valence-corrected chi connectivity index (χ4v) is 2.48. The van der Waals surface area contributed by atoms with Gasteiger partial charge in [0.05, 0.1) is 0 Å². The van der Waals surface area contributed by atoms with Gasteiger partial charge in [-0.05, 0) is 25.5 Å². The zero-order chi connectivity index (χ0) is 20.1. The summed E-state index contributed by atoms with van der Waals surface area (Å²) in [6, 6.07) is 14.1. The monoisotopic (exact) mass is 382 g/mol. The summed E-state index contributed by atoms with van der Waals surface area (Å²) in [6.07, 6.45) is 0.876. The molecule has 0 fully saturated rings. The standard InChI is InChI=1S/C21H20F2N4O/c1-3-13(2)24-19-12-18(26-20(27-19)14-7-5-4-6-8-14)21(28)25-15-9-10-16(22)17(23)11-15/h4-13H,3H2,1-2H3,(H,25,28)(H,24,26,27). The first-order valence-electron chi connectivity index (χ1n) is 8.93. The molecule has 1 unspecified atom stereocenters. The van der Waals surface area contributed by atoms with E-state index in [0.717, 1.165) is 24.1 Å². The van der Waals surface area contributed by atoms with Gasteiger partial charge in [0.15, 0.2) is 17.5 Å². The van der Waals surface area contributed by atoms with Crippen LogP contribution in [0.2, 0.25) is 0 Å². The molecule has 1 aromatic heterocycles. The third-order valence-electron chi connectivity index (χ3n) is 4.17. The summed E-state index contributed by atoms with van der Waals surface area (Å²) in [5.41, 5.74) is 1.02. The molecule has 1 heterocycles. The Bertz CT molecular complexity index is 979. The van der Waals surface area contributed by atoms with Crippen LogP contribution < -0.4 is 10.6 Å². The van der Waals surface area contributed by atoms with Crippen LogP contribution in [-0.2, 0) is 0 Å². The van der Waals surface area contributed by atoms with Crippen molar-refractivity contribution in [3.05, 3.63) is 71.9 Å². The van der Waals surface area contributed by atoms with Crippen LogP contribution in [0.5, 0.6) is 0 Å². The average molecular weight is 382 g/mol. The summed E-state index contributed by atoms with van der Waals surface area (Å²) in [5, 5.41) is 5.77. The average Bonchev–Trinajstić information content (AvgIpc) is 2.71. The summed E-state index contributed by atoms with van der Waals surface area (Å²) in [7, 11) is 0. The first kappa shape index (κ1) is 19.4. The highest BCUT2D eigenvalue weighted by Gasteiger charge is 2.15. The normalized spacial score (nSPS) is 11.7. The van der Waals surface area contributed by atoms with Crippen LogP contribution in [-0.4, -0.2) is 21.9 Å². The molecule has 28 heavy (non-hydrogen) atoms. The number of hydrogen-bond donors (Lipinski definition) is 2. The molecule has 3 rings (SSSR count). The molecule has 0 aliphatic rings. The molecule has 1 amide bonds. The van der Waals surface area contributed by atoms with Gasteiger partial charge >= 0.3 is 0 Å². The third kappa shape index (κ3) is 4.68. The molecule has 7 heteroatoms. The van der Waals surface area contributed by atoms with Crippen LogP contribution >= 0.6 is 0 Å². The van der Waals surface area contributed by atoms with Gasteiger partial charge in [0.25, 0.3) is 5.91 Å². The molecule has 0 bridgehead atoms. The maximum atomic E-state index is 13.4. The van der Waals surface area contributed by atoms with Gasteiger partial charge in [-0.2, -0.15) is 0 Å². The van der Waals surface area contributed by atoms with Crippen molar-refractivity contribution in [2.24, 2.45) is 0 Å². The largest absolute Gasteiger partial charge is 0.367 e. The predicted molar refractivity (Wildman–Crippen MR) is 105 cm³/mol. The smallest absolute Gasteiger partial charge is 0.274 e. The Balaban J connectivity index is 1.94. The van der Waals surface area contributed by atoms with Gasteiger partial charge in [0.1, 0.15) is 11.5 Å². The van der Waals surface area contributed by atoms with E-state index in [1.54, 1.807) is 0 Å². The Kier molecular flexibility index (Phi) is 5.93. The summed E-state index contributed by atoms with van der Waals surface area (Å²) in [6.45, 7) is 4.04. The van der Waals surface area contributed by atoms with E-state index in [-0.39, 0.29) is 17.4 Å². The van der Waals surface area contributed by atoms with Crippen molar-refractivity contribution in [2.75, 3.05) is 10.6 Å². The molecule has 1 atom stereocenters. The highest BCUT2D eigenvalue weighted by Crippen LogP contribution is 2.20. The van der Waals surface area contributed by atoms with E-state index in [1.807, 2.05) is 44.2 Å². The second kappa shape index (κ2) is 8.56. The fourth-order valence-electron chi connectivity index (χ4n) is 2.48. The van der Waals surface area contributed by atoms with Crippen LogP contribution in [0, 0.1) is 11.6 Å². The second-order valence-electron chi connectivity index (χ2n) is 6.36. The lowest BCUT2D eigenvalue weighted by molar-refractivity contribution is 0.102. The number of aromatic nitrogens is 2. The fraction of sp³-hybridized carbons (Fsp3) is 0.190. The molecule has 0 saturated carbocycles. The molecule has 0 aliphatic heterocycles. The number of nitrogens with one attached hydrogen (secondary N) is 2. The third-order valence-corrected chi connectivity index (χ3v) is 4.17. The Morgan fingerprint density at radius 3 is 2.46 bits per heavy atom. The van der Waals surface area contributed by atoms with E-state index in [4.69, 9.17) is 0 Å². The Morgan fingerprint density at radius 2 is 1.79 bits per heavy atom. The van der Waals surface area contributed by atoms with E-state index >= 15 is 0 Å². The van der Waals surface area contributed by atoms with Crippen molar-refractivity contribution in [3.8, 4) is 11.4 Å². The number of anilines is 2. The Hall–Kier alpha value is -3.35. The Morgan fingerprint density at radius 1 is 1.04 bits per heavy atom. The van der Waals surface area contributed by atoms with Crippen LogP contribution in [0.25, 0.3) is 11.4 Å². The molecule has 2 N–H and O–H groups in total. The minimum Gasteiger partial charge on any atom is -0.367 e. The van der Waals surface area contributed by atoms with Gasteiger partial charge in [0.2, 0.25) is 0 Å². The first-order chi connectivity index (χ1) is 13.5. The lowest BCUT2D eigenvalue weighted by Gasteiger charge is -2.14. The molecule has 144 valence electrons. The molecular formula is C21H20F2N4O. The molecule has 0 radical (unpaired) electrons. The molecule has 3 aromatic rings. The number of hydrogen-bond acceptors (Lipinski definition) is 4. The summed E-state index contributed by atoms with van der Waals surface area (Å²) in [4.78, 5) is 21.5. The topological polar surface area (TPSA) is 66.9 Å². The SMILES string of the molecule is CCC(C)Nc1cc(C(=O)Nc2ccc(F)c(F)c2)nc(-c2ccccc2)n1. The summed E-state index contributed by atoms with van der Waals surface area (Å²) in [5.74, 6) is -1.66. The van der Waals surface area contributed by atoms with Crippen LogP contribution in [0.3, 0.4) is 0 Å². The first-order valence-corrected chi connectivity index (χ1v) is 8.93. The van der Waals surface area contributed by atoms with Crippen LogP contribution in [0.15, 0.2) is 54.6 Å². The van der Waals surface area contributed by atoms with Gasteiger partial charge in [-0.25, -0.2) is 18.7 Å². The molecule has 0 aliphatic carbocycles. The number of rotatable bonds is 6. The minimum atomic E-state index is -1.04. The molecule has 2 aromatic carbocycles. The van der Waals surface area contributed by atoms with E-state index in [2.05, 4.69) is 20.6 Å². The molecule has 0 saturated heterocycles. The Labute approximate surface area is 161 Å². The number of nitrogens with zero attached hydrogens (tertiary/aromatic N) is 2. The van der Waals surface area contributed by atoms with Crippen LogP contribution in [0.4, 0.5) is 20.3 Å². The summed E-state index contributed by atoms with van der Waals surface area (Å²) >= 11 is 0. The van der Waals surface area contributed by atoms with Gasteiger partial charge in [-0.1, -0.05) is 37.3 Å². The van der Waals surface area contributed by atoms with Gasteiger partial charge in [-0.3, -0.25) is 4.79 Å². The molecular weight excluding hydrogens is 362 g/mol. The lowest BCUT2D eigenvalue weighted by atomic mass is 10.2. The summed E-state index contributed by atoms with van der Waals surface area (Å²) < 4.78 is 26.5. The minimum absolute atomic E-state index is 0.115. The molecule has 5 nitrogen and oxygen atoms in total. The van der Waals surface area contributed by atoms with Crippen molar-refractivity contribution in [1.29, 1.82) is 0 Å². The highest BCUT2D eigenvalue weighted by atomic mass is 19.2. The second-order valence-corrected chi connectivity index (χ2v) is 6.36. The molecule has 0 spiro atoms. The van der Waals surface area contributed by atoms with Gasteiger partial charge in [0, 0.05) is 29.4 Å². The quantitative estimate of drug-likeness (QED) is 0.637. The van der Waals surface area contributed by atoms with Crippen molar-refractivity contribution in [3.63, 3.8) is 0 Å². The zero-order valence-corrected chi connectivity index (χ0v) is 15.5. The maximum Gasteiger partial charge on any atom is 0.274 e. The van der Waals surface area contributed by atoms with Crippen molar-refractivity contribution in [1.82, 2.24) is 9.97 Å². The number of amides is 1. The lowest BCUT2D eigenvalue weighted by Crippen LogP contribution is -2.18. The van der Waals surface area contributed by atoms with Crippen LogP contribution in [0.1, 0.15) is 30.8 Å². The van der Waals surface area contributed by atoms with Crippen molar-refractivity contribution in [2.45, 2.75) is 26.3 Å². The van der Waals surface area contributed by atoms with E-state index in [0.29, 0.717) is 11.6 Å². The van der Waals surface area contributed by atoms with Gasteiger partial charge in [-0.15, -0.1) is 0 Å². The van der Waals surface area contributed by atoms with Crippen molar-refractivity contribution < 1.29 is 13.6 Å². The highest BCUT2D eigenvalue weighted by molar-refractivity contribution is 6.03. The number of carbonyl (C=O) groups excluding carboxylic acids is 1. The maximum absolute atomic E-state index is 13.4. The number of halogens is 2. The van der Waals surface area contributed by atoms with Crippen molar-refractivity contribution >= 4 is 17.4 Å². The van der Waals surface area contributed by atoms with E-state index in [1.165, 1.54) is 12.1 Å². The predicted octanol–water partition coefficient (Wildman–Crippen LogP) is 4.88.